The summed E-state index contributed by atoms with van der Waals surface area (Å²) in [7, 11) is 0. The van der Waals surface area contributed by atoms with Gasteiger partial charge in [0.25, 0.3) is 0 Å². The van der Waals surface area contributed by atoms with Gasteiger partial charge in [-0.15, -0.1) is 0 Å². The van der Waals surface area contributed by atoms with Gasteiger partial charge in [-0.2, -0.15) is 0 Å². The number of hydrogen-bond donors (Lipinski definition) is 2. The van der Waals surface area contributed by atoms with E-state index in [2.05, 4.69) is 10.6 Å². The summed E-state index contributed by atoms with van der Waals surface area (Å²) < 4.78 is 0. The van der Waals surface area contributed by atoms with Gasteiger partial charge in [0, 0.05) is 0 Å². The first-order valence-electron chi connectivity index (χ1n) is 4.80. The van der Waals surface area contributed by atoms with Crippen molar-refractivity contribution in [3.8, 4) is 0 Å². The van der Waals surface area contributed by atoms with Crippen molar-refractivity contribution >= 4 is 12.8 Å². The normalized spacial score (nSPS) is 9.67. The van der Waals surface area contributed by atoms with Gasteiger partial charge in [-0.25, -0.2) is 0 Å². The van der Waals surface area contributed by atoms with E-state index in [1.165, 1.54) is 5.56 Å². The van der Waals surface area contributed by atoms with E-state index in [1.54, 1.807) is 0 Å². The summed E-state index contributed by atoms with van der Waals surface area (Å²) in [5.41, 5.74) is 1.18. The minimum atomic E-state index is -0.291. The molecule has 0 spiro atoms. The molecule has 0 aliphatic carbocycles. The predicted molar refractivity (Wildman–Crippen MR) is 57.0 cm³/mol. The zero-order chi connectivity index (χ0) is 10.9. The predicted octanol–water partition coefficient (Wildman–Crippen LogP) is 0.437. The molecule has 0 saturated carbocycles. The van der Waals surface area contributed by atoms with Gasteiger partial charge in [-0.05, 0) is 18.4 Å². The van der Waals surface area contributed by atoms with E-state index in [0.29, 0.717) is 19.2 Å². The first-order valence-corrected chi connectivity index (χ1v) is 4.80. The van der Waals surface area contributed by atoms with Crippen molar-refractivity contribution in [3.63, 3.8) is 0 Å². The van der Waals surface area contributed by atoms with Crippen LogP contribution < -0.4 is 10.6 Å². The SMILES string of the molecule is O=CNC(CCc1ccccc1)NC=O. The highest BCUT2D eigenvalue weighted by Gasteiger charge is 2.04. The minimum absolute atomic E-state index is 0.291. The molecule has 0 aliphatic rings. The number of carbonyl (C=O) groups is 2. The Morgan fingerprint density at radius 1 is 1.07 bits per heavy atom. The van der Waals surface area contributed by atoms with E-state index in [-0.39, 0.29) is 6.17 Å². The second kappa shape index (κ2) is 6.59. The van der Waals surface area contributed by atoms with Crippen LogP contribution in [0.5, 0.6) is 0 Å². The molecule has 0 saturated heterocycles. The largest absolute Gasteiger partial charge is 0.339 e. The topological polar surface area (TPSA) is 58.2 Å². The van der Waals surface area contributed by atoms with E-state index in [9.17, 15) is 9.59 Å². The smallest absolute Gasteiger partial charge is 0.208 e. The summed E-state index contributed by atoms with van der Waals surface area (Å²) in [6, 6.07) is 9.90. The maximum absolute atomic E-state index is 10.2. The molecule has 1 aromatic rings. The fourth-order valence-corrected chi connectivity index (χ4v) is 1.33. The summed E-state index contributed by atoms with van der Waals surface area (Å²) in [5.74, 6) is 0. The second-order valence-corrected chi connectivity index (χ2v) is 3.15. The third-order valence-electron chi connectivity index (χ3n) is 2.10. The van der Waals surface area contributed by atoms with E-state index in [4.69, 9.17) is 0 Å². The summed E-state index contributed by atoms with van der Waals surface area (Å²) in [4.78, 5) is 20.5. The van der Waals surface area contributed by atoms with Crippen LogP contribution in [0.1, 0.15) is 12.0 Å². The van der Waals surface area contributed by atoms with Gasteiger partial charge in [0.2, 0.25) is 12.8 Å². The van der Waals surface area contributed by atoms with Gasteiger partial charge in [0.15, 0.2) is 0 Å². The van der Waals surface area contributed by atoms with Crippen LogP contribution >= 0.6 is 0 Å². The highest BCUT2D eigenvalue weighted by Crippen LogP contribution is 2.03. The average molecular weight is 206 g/mol. The number of benzene rings is 1. The lowest BCUT2D eigenvalue weighted by molar-refractivity contribution is -0.112. The Morgan fingerprint density at radius 3 is 2.20 bits per heavy atom. The number of hydrogen-bond acceptors (Lipinski definition) is 2. The first-order chi connectivity index (χ1) is 7.36. The molecule has 1 aromatic carbocycles. The zero-order valence-electron chi connectivity index (χ0n) is 8.35. The quantitative estimate of drug-likeness (QED) is 0.502. The van der Waals surface area contributed by atoms with Crippen LogP contribution in [0.2, 0.25) is 0 Å². The molecule has 1 rings (SSSR count). The Hall–Kier alpha value is -1.84. The molecular weight excluding hydrogens is 192 g/mol. The number of rotatable bonds is 7. The van der Waals surface area contributed by atoms with Gasteiger partial charge >= 0.3 is 0 Å². The summed E-state index contributed by atoms with van der Waals surface area (Å²) >= 11 is 0. The molecule has 15 heavy (non-hydrogen) atoms. The Morgan fingerprint density at radius 2 is 1.67 bits per heavy atom. The fraction of sp³-hybridized carbons (Fsp3) is 0.273. The lowest BCUT2D eigenvalue weighted by atomic mass is 10.1. The van der Waals surface area contributed by atoms with Crippen molar-refractivity contribution in [1.29, 1.82) is 0 Å². The standard InChI is InChI=1S/C11H14N2O2/c14-8-12-11(13-9-15)7-6-10-4-2-1-3-5-10/h1-5,8-9,11H,6-7H2,(H,12,14)(H,13,15). The van der Waals surface area contributed by atoms with Gasteiger partial charge in [-0.1, -0.05) is 30.3 Å². The summed E-state index contributed by atoms with van der Waals surface area (Å²) in [5, 5.41) is 5.06. The zero-order valence-corrected chi connectivity index (χ0v) is 8.35. The fourth-order valence-electron chi connectivity index (χ4n) is 1.33. The Bertz CT molecular complexity index is 291. The van der Waals surface area contributed by atoms with Crippen LogP contribution in [-0.2, 0) is 16.0 Å². The van der Waals surface area contributed by atoms with Gasteiger partial charge in [0.1, 0.15) is 6.17 Å². The highest BCUT2D eigenvalue weighted by atomic mass is 16.1. The Kier molecular flexibility index (Phi) is 4.94. The van der Waals surface area contributed by atoms with Gasteiger partial charge < -0.3 is 10.6 Å². The van der Waals surface area contributed by atoms with Crippen molar-refractivity contribution in [1.82, 2.24) is 10.6 Å². The monoisotopic (exact) mass is 206 g/mol. The number of nitrogens with one attached hydrogen (secondary N) is 2. The molecule has 80 valence electrons. The van der Waals surface area contributed by atoms with Crippen LogP contribution in [-0.4, -0.2) is 19.0 Å². The molecule has 0 aliphatic heterocycles. The third-order valence-corrected chi connectivity index (χ3v) is 2.10. The molecule has 4 heteroatoms. The second-order valence-electron chi connectivity index (χ2n) is 3.15. The van der Waals surface area contributed by atoms with Crippen molar-refractivity contribution in [2.45, 2.75) is 19.0 Å². The van der Waals surface area contributed by atoms with Gasteiger partial charge in [-0.3, -0.25) is 9.59 Å². The van der Waals surface area contributed by atoms with E-state index in [0.717, 1.165) is 6.42 Å². The number of amides is 2. The molecule has 0 heterocycles. The van der Waals surface area contributed by atoms with Crippen LogP contribution in [0.3, 0.4) is 0 Å². The van der Waals surface area contributed by atoms with Crippen molar-refractivity contribution in [2.24, 2.45) is 0 Å². The number of carbonyl (C=O) groups excluding carboxylic acids is 2. The molecule has 4 nitrogen and oxygen atoms in total. The third kappa shape index (κ3) is 4.26. The first kappa shape index (κ1) is 11.2. The van der Waals surface area contributed by atoms with Crippen molar-refractivity contribution in [3.05, 3.63) is 35.9 Å². The molecule has 0 radical (unpaired) electrons. The number of aryl methyl sites for hydroxylation is 1. The maximum atomic E-state index is 10.2. The average Bonchev–Trinajstić information content (AvgIpc) is 2.28. The van der Waals surface area contributed by atoms with E-state index < -0.39 is 0 Å². The summed E-state index contributed by atoms with van der Waals surface area (Å²) in [6.45, 7) is 0. The van der Waals surface area contributed by atoms with Crippen molar-refractivity contribution in [2.75, 3.05) is 0 Å². The van der Waals surface area contributed by atoms with Gasteiger partial charge in [0.05, 0.1) is 0 Å². The van der Waals surface area contributed by atoms with Crippen LogP contribution in [0, 0.1) is 0 Å². The summed E-state index contributed by atoms with van der Waals surface area (Å²) in [6.07, 6.45) is 2.38. The lowest BCUT2D eigenvalue weighted by Gasteiger charge is -2.14. The molecule has 0 unspecified atom stereocenters. The maximum Gasteiger partial charge on any atom is 0.208 e. The Balaban J connectivity index is 2.39. The van der Waals surface area contributed by atoms with Crippen LogP contribution in [0.15, 0.2) is 30.3 Å². The Labute approximate surface area is 88.7 Å². The van der Waals surface area contributed by atoms with Crippen LogP contribution in [0.25, 0.3) is 0 Å². The minimum Gasteiger partial charge on any atom is -0.339 e. The lowest BCUT2D eigenvalue weighted by Crippen LogP contribution is -2.41. The van der Waals surface area contributed by atoms with Crippen molar-refractivity contribution < 1.29 is 9.59 Å². The molecule has 2 amide bonds. The molecule has 0 aromatic heterocycles. The molecule has 0 atom stereocenters. The molecule has 0 fully saturated rings. The highest BCUT2D eigenvalue weighted by molar-refractivity contribution is 5.50. The van der Waals surface area contributed by atoms with Crippen LogP contribution in [0.4, 0.5) is 0 Å². The van der Waals surface area contributed by atoms with E-state index in [1.807, 2.05) is 30.3 Å². The molecule has 2 N–H and O–H groups in total. The molecular formula is C11H14N2O2. The van der Waals surface area contributed by atoms with E-state index >= 15 is 0 Å². The molecule has 0 bridgehead atoms.